The molecule has 1 aliphatic rings. The van der Waals surface area contributed by atoms with Gasteiger partial charge in [0.15, 0.2) is 0 Å². The molecule has 1 fully saturated rings. The van der Waals surface area contributed by atoms with E-state index in [1.54, 1.807) is 6.08 Å². The van der Waals surface area contributed by atoms with Crippen LogP contribution in [0.25, 0.3) is 0 Å². The fourth-order valence-electron chi connectivity index (χ4n) is 2.96. The molecule has 2 aromatic carbocycles. The van der Waals surface area contributed by atoms with Crippen LogP contribution in [0.1, 0.15) is 9.16 Å². The Morgan fingerprint density at radius 1 is 1.05 bits per heavy atom. The van der Waals surface area contributed by atoms with E-state index in [9.17, 15) is 0 Å². The summed E-state index contributed by atoms with van der Waals surface area (Å²) in [6.45, 7) is 0.499. The zero-order chi connectivity index (χ0) is 15.4. The highest BCUT2D eigenvalue weighted by Crippen LogP contribution is 2.26. The Bertz CT molecular complexity index is 589. The lowest BCUT2D eigenvalue weighted by atomic mass is 10.1. The molecule has 2 heteroatoms. The average Bonchev–Trinajstić information content (AvgIpc) is 2.57. The molecule has 0 spiro atoms. The van der Waals surface area contributed by atoms with Crippen molar-refractivity contribution in [3.63, 3.8) is 0 Å². The quantitative estimate of drug-likeness (QED) is 0.621. The predicted molar refractivity (Wildman–Crippen MR) is 87.0 cm³/mol. The van der Waals surface area contributed by atoms with Crippen molar-refractivity contribution in [1.29, 1.82) is 0 Å². The van der Waals surface area contributed by atoms with Crippen LogP contribution in [0.4, 0.5) is 0 Å². The van der Waals surface area contributed by atoms with E-state index in [-0.39, 0.29) is 12.4 Å². The van der Waals surface area contributed by atoms with Gasteiger partial charge in [-0.2, -0.15) is 0 Å². The summed E-state index contributed by atoms with van der Waals surface area (Å²) < 4.78 is 21.1. The topological polar surface area (TPSA) is 9.23 Å². The smallest absolute Gasteiger partial charge is 0.255 e. The van der Waals surface area contributed by atoms with E-state index < -0.39 is 8.32 Å². The number of hydrogen-bond acceptors (Lipinski definition) is 1. The van der Waals surface area contributed by atoms with Gasteiger partial charge in [-0.1, -0.05) is 66.7 Å². The molecule has 102 valence electrons. The summed E-state index contributed by atoms with van der Waals surface area (Å²) in [6.07, 6.45) is 2.69. The summed E-state index contributed by atoms with van der Waals surface area (Å²) in [4.78, 5) is 0. The van der Waals surface area contributed by atoms with E-state index >= 15 is 0 Å². The largest absolute Gasteiger partial charge is 0.407 e. The van der Waals surface area contributed by atoms with Gasteiger partial charge >= 0.3 is 0 Å². The maximum absolute atomic E-state index is 7.32. The van der Waals surface area contributed by atoms with Crippen molar-refractivity contribution in [1.82, 2.24) is 0 Å². The second-order valence-electron chi connectivity index (χ2n) is 5.34. The zero-order valence-corrected chi connectivity index (χ0v) is 12.5. The maximum atomic E-state index is 7.32. The summed E-state index contributed by atoms with van der Waals surface area (Å²) in [5.74, 6) is 0.193. The maximum Gasteiger partial charge on any atom is 0.255 e. The number of hydrogen-bond donors (Lipinski definition) is 0. The SMILES string of the molecule is [2H]C([2H])=CC1CC[Si](c2ccccc2)(c2ccccc2)OC1. The molecule has 1 heterocycles. The minimum atomic E-state index is -2.18. The number of benzene rings is 2. The molecule has 0 N–H and O–H groups in total. The molecule has 1 atom stereocenters. The molecule has 0 amide bonds. The molecule has 0 aromatic heterocycles. The van der Waals surface area contributed by atoms with Crippen molar-refractivity contribution in [3.05, 3.63) is 73.3 Å². The molecular formula is C18H20OSi. The van der Waals surface area contributed by atoms with Crippen molar-refractivity contribution in [2.45, 2.75) is 12.5 Å². The summed E-state index contributed by atoms with van der Waals surface area (Å²) in [5.41, 5.74) is 0. The Morgan fingerprint density at radius 2 is 1.65 bits per heavy atom. The van der Waals surface area contributed by atoms with Gasteiger partial charge in [0, 0.05) is 6.61 Å². The van der Waals surface area contributed by atoms with Crippen molar-refractivity contribution in [2.24, 2.45) is 5.92 Å². The molecule has 1 saturated heterocycles. The molecule has 20 heavy (non-hydrogen) atoms. The minimum Gasteiger partial charge on any atom is -0.407 e. The van der Waals surface area contributed by atoms with E-state index in [0.29, 0.717) is 6.61 Å². The van der Waals surface area contributed by atoms with Gasteiger partial charge in [-0.25, -0.2) is 0 Å². The number of rotatable bonds is 3. The van der Waals surface area contributed by atoms with Gasteiger partial charge in [-0.05, 0) is 28.8 Å². The Labute approximate surface area is 124 Å². The molecule has 2 aromatic rings. The first-order chi connectivity index (χ1) is 10.7. The van der Waals surface area contributed by atoms with Crippen LogP contribution < -0.4 is 10.4 Å². The van der Waals surface area contributed by atoms with Crippen LogP contribution in [0.2, 0.25) is 6.04 Å². The summed E-state index contributed by atoms with van der Waals surface area (Å²) in [5, 5.41) is 2.61. The van der Waals surface area contributed by atoms with Crippen molar-refractivity contribution < 1.29 is 7.17 Å². The van der Waals surface area contributed by atoms with Crippen LogP contribution in [-0.2, 0) is 4.43 Å². The van der Waals surface area contributed by atoms with Crippen LogP contribution in [0.5, 0.6) is 0 Å². The monoisotopic (exact) mass is 282 g/mol. The molecule has 1 aliphatic heterocycles. The molecular weight excluding hydrogens is 260 g/mol. The van der Waals surface area contributed by atoms with Gasteiger partial charge in [0.05, 0.1) is 2.74 Å². The Morgan fingerprint density at radius 3 is 2.10 bits per heavy atom. The third-order valence-corrected chi connectivity index (χ3v) is 8.31. The molecule has 0 saturated carbocycles. The molecule has 1 unspecified atom stereocenters. The molecule has 0 radical (unpaired) electrons. The van der Waals surface area contributed by atoms with Gasteiger partial charge in [0.1, 0.15) is 0 Å². The first kappa shape index (κ1) is 11.1. The van der Waals surface area contributed by atoms with Gasteiger partial charge in [0.2, 0.25) is 0 Å². The van der Waals surface area contributed by atoms with Crippen LogP contribution >= 0.6 is 0 Å². The second-order valence-corrected chi connectivity index (χ2v) is 8.93. The van der Waals surface area contributed by atoms with Crippen LogP contribution in [-0.4, -0.2) is 14.9 Å². The standard InChI is InChI=1S/C18H20OSi/c1-2-16-13-14-20(19-15-16,17-9-5-3-6-10-17)18-11-7-4-8-12-18/h2-12,16H,1,13-15H2/i1D2. The highest BCUT2D eigenvalue weighted by molar-refractivity contribution is 6.97. The highest BCUT2D eigenvalue weighted by Gasteiger charge is 2.42. The van der Waals surface area contributed by atoms with Gasteiger partial charge < -0.3 is 4.43 Å². The van der Waals surface area contributed by atoms with E-state index in [4.69, 9.17) is 7.17 Å². The van der Waals surface area contributed by atoms with Crippen LogP contribution in [0, 0.1) is 5.92 Å². The summed E-state index contributed by atoms with van der Waals surface area (Å²) in [6, 6.07) is 22.1. The first-order valence-corrected chi connectivity index (χ1v) is 9.22. The van der Waals surface area contributed by atoms with Crippen molar-refractivity contribution in [3.8, 4) is 0 Å². The normalized spacial score (nSPS) is 22.5. The lowest BCUT2D eigenvalue weighted by Gasteiger charge is -2.38. The molecule has 0 bridgehead atoms. The fraction of sp³-hybridized carbons (Fsp3) is 0.222. The third-order valence-electron chi connectivity index (χ3n) is 4.13. The fourth-order valence-corrected chi connectivity index (χ4v) is 7.09. The zero-order valence-electron chi connectivity index (χ0n) is 13.5. The average molecular weight is 282 g/mol. The summed E-state index contributed by atoms with van der Waals surface area (Å²) in [7, 11) is -2.18. The van der Waals surface area contributed by atoms with Crippen molar-refractivity contribution >= 4 is 18.7 Å². The Hall–Kier alpha value is -1.64. The lowest BCUT2D eigenvalue weighted by Crippen LogP contribution is -2.63. The Kier molecular flexibility index (Phi) is 3.19. The summed E-state index contributed by atoms with van der Waals surface area (Å²) >= 11 is 0. The van der Waals surface area contributed by atoms with Crippen molar-refractivity contribution in [2.75, 3.05) is 6.61 Å². The highest BCUT2D eigenvalue weighted by atomic mass is 28.4. The molecule has 1 nitrogen and oxygen atoms in total. The predicted octanol–water partition coefficient (Wildman–Crippen LogP) is 2.97. The lowest BCUT2D eigenvalue weighted by molar-refractivity contribution is 0.243. The van der Waals surface area contributed by atoms with Gasteiger partial charge in [0.25, 0.3) is 8.32 Å². The van der Waals surface area contributed by atoms with E-state index in [1.807, 2.05) is 12.1 Å². The first-order valence-electron chi connectivity index (χ1n) is 8.11. The molecule has 0 aliphatic carbocycles. The Balaban J connectivity index is 1.95. The van der Waals surface area contributed by atoms with Gasteiger partial charge in [-0.3, -0.25) is 0 Å². The van der Waals surface area contributed by atoms with Gasteiger partial charge in [-0.15, -0.1) is 6.53 Å². The van der Waals surface area contributed by atoms with Crippen LogP contribution in [0.3, 0.4) is 0 Å². The van der Waals surface area contributed by atoms with E-state index in [0.717, 1.165) is 12.5 Å². The second kappa shape index (κ2) is 5.78. The van der Waals surface area contributed by atoms with Crippen LogP contribution in [0.15, 0.2) is 73.3 Å². The van der Waals surface area contributed by atoms with E-state index in [1.165, 1.54) is 10.4 Å². The third kappa shape index (κ3) is 2.37. The van der Waals surface area contributed by atoms with E-state index in [2.05, 4.69) is 48.5 Å². The molecule has 3 rings (SSSR count). The minimum absolute atomic E-state index is 0.109.